The second-order valence-corrected chi connectivity index (χ2v) is 13.3. The van der Waals surface area contributed by atoms with E-state index in [1.807, 2.05) is 0 Å². The molecule has 0 unspecified atom stereocenters. The van der Waals surface area contributed by atoms with E-state index in [1.54, 1.807) is 61.5 Å². The standard InChI is InChI=1S/C32H29N5O8S2/c1-3-37(23-13-11-22(12-14-23)34-32(39)20-8-15-24(45-2)16-9-20)46(40,41)29-7-5-4-6-27(29)35-36-31-26(33)17-10-21-18-25(47(42,43)44)19-28(38)30(21)31/h4-19,38H,3,33H2,1-2H3,(H,34,39)(H,42,43,44). The van der Waals surface area contributed by atoms with Gasteiger partial charge in [0.15, 0.2) is 0 Å². The van der Waals surface area contributed by atoms with Crippen LogP contribution in [-0.2, 0) is 20.1 Å². The number of nitrogens with two attached hydrogens (primary N) is 1. The number of rotatable bonds is 10. The summed E-state index contributed by atoms with van der Waals surface area (Å²) in [5.74, 6) is -0.263. The highest BCUT2D eigenvalue weighted by atomic mass is 32.2. The molecule has 0 atom stereocenters. The van der Waals surface area contributed by atoms with Crippen LogP contribution in [-0.4, -0.2) is 46.1 Å². The lowest BCUT2D eigenvalue weighted by atomic mass is 10.1. The van der Waals surface area contributed by atoms with Gasteiger partial charge in [0.05, 0.1) is 28.8 Å². The van der Waals surface area contributed by atoms with Gasteiger partial charge < -0.3 is 20.9 Å². The predicted octanol–water partition coefficient (Wildman–Crippen LogP) is 6.27. The lowest BCUT2D eigenvalue weighted by Gasteiger charge is -2.23. The molecule has 0 saturated heterocycles. The van der Waals surface area contributed by atoms with E-state index in [4.69, 9.17) is 10.5 Å². The molecular weight excluding hydrogens is 647 g/mol. The van der Waals surface area contributed by atoms with Crippen LogP contribution in [0, 0.1) is 0 Å². The Hall–Kier alpha value is -5.51. The van der Waals surface area contributed by atoms with Crippen molar-refractivity contribution in [3.63, 3.8) is 0 Å². The van der Waals surface area contributed by atoms with E-state index in [-0.39, 0.29) is 45.2 Å². The molecule has 0 aromatic heterocycles. The first-order valence-electron chi connectivity index (χ1n) is 13.9. The summed E-state index contributed by atoms with van der Waals surface area (Å²) in [5.41, 5.74) is 7.33. The van der Waals surface area contributed by atoms with Gasteiger partial charge in [0.1, 0.15) is 27.8 Å². The lowest BCUT2D eigenvalue weighted by molar-refractivity contribution is 0.102. The van der Waals surface area contributed by atoms with E-state index in [9.17, 15) is 31.3 Å². The van der Waals surface area contributed by atoms with Gasteiger partial charge in [-0.05, 0) is 85.1 Å². The molecule has 0 aliphatic heterocycles. The zero-order valence-electron chi connectivity index (χ0n) is 25.0. The fourth-order valence-electron chi connectivity index (χ4n) is 4.80. The van der Waals surface area contributed by atoms with E-state index in [2.05, 4.69) is 15.5 Å². The molecule has 47 heavy (non-hydrogen) atoms. The number of nitrogens with one attached hydrogen (secondary N) is 1. The number of phenolic OH excluding ortho intramolecular Hbond substituents is 1. The minimum absolute atomic E-state index is 0.0280. The summed E-state index contributed by atoms with van der Waals surface area (Å²) in [4.78, 5) is 12.0. The fourth-order valence-corrected chi connectivity index (χ4v) is 6.94. The van der Waals surface area contributed by atoms with Crippen LogP contribution in [0.3, 0.4) is 0 Å². The molecule has 0 bridgehead atoms. The number of nitrogen functional groups attached to an aromatic ring is 1. The number of hydrogen-bond acceptors (Lipinski definition) is 10. The zero-order chi connectivity index (χ0) is 33.9. The number of fused-ring (bicyclic) bond motifs is 1. The number of phenols is 1. The topological polar surface area (TPSA) is 201 Å². The van der Waals surface area contributed by atoms with Crippen molar-refractivity contribution in [1.82, 2.24) is 0 Å². The number of sulfonamides is 1. The number of nitrogens with zero attached hydrogens (tertiary/aromatic N) is 3. The fraction of sp³-hybridized carbons (Fsp3) is 0.0938. The Labute approximate surface area is 270 Å². The second-order valence-electron chi connectivity index (χ2n) is 10.1. The van der Waals surface area contributed by atoms with Crippen LogP contribution in [0.1, 0.15) is 17.3 Å². The molecule has 0 aliphatic carbocycles. The average Bonchev–Trinajstić information content (AvgIpc) is 3.05. The number of carbonyl (C=O) groups excluding carboxylic acids is 1. The van der Waals surface area contributed by atoms with Gasteiger partial charge >= 0.3 is 0 Å². The van der Waals surface area contributed by atoms with Gasteiger partial charge in [-0.2, -0.15) is 8.42 Å². The van der Waals surface area contributed by atoms with Gasteiger partial charge in [-0.25, -0.2) is 8.42 Å². The Morgan fingerprint density at radius 2 is 1.60 bits per heavy atom. The average molecular weight is 676 g/mol. The maximum Gasteiger partial charge on any atom is 0.294 e. The third-order valence-corrected chi connectivity index (χ3v) is 9.90. The van der Waals surface area contributed by atoms with Crippen LogP contribution in [0.25, 0.3) is 10.8 Å². The summed E-state index contributed by atoms with van der Waals surface area (Å²) < 4.78 is 66.9. The summed E-state index contributed by atoms with van der Waals surface area (Å²) in [6.45, 7) is 1.73. The van der Waals surface area contributed by atoms with Crippen molar-refractivity contribution in [2.24, 2.45) is 10.2 Å². The van der Waals surface area contributed by atoms with Gasteiger partial charge in [0.2, 0.25) is 0 Å². The predicted molar refractivity (Wildman–Crippen MR) is 178 cm³/mol. The van der Waals surface area contributed by atoms with Crippen molar-refractivity contribution in [1.29, 1.82) is 0 Å². The van der Waals surface area contributed by atoms with Gasteiger partial charge in [-0.15, -0.1) is 10.2 Å². The van der Waals surface area contributed by atoms with Crippen molar-refractivity contribution in [2.75, 3.05) is 29.0 Å². The van der Waals surface area contributed by atoms with Gasteiger partial charge in [-0.3, -0.25) is 13.7 Å². The molecule has 0 aliphatic rings. The van der Waals surface area contributed by atoms with Crippen molar-refractivity contribution in [2.45, 2.75) is 16.7 Å². The van der Waals surface area contributed by atoms with E-state index < -0.39 is 30.8 Å². The summed E-state index contributed by atoms with van der Waals surface area (Å²) in [6, 6.07) is 23.7. The number of hydrogen-bond donors (Lipinski definition) is 4. The smallest absolute Gasteiger partial charge is 0.294 e. The highest BCUT2D eigenvalue weighted by Crippen LogP contribution is 2.41. The first kappa shape index (κ1) is 32.9. The van der Waals surface area contributed by atoms with E-state index in [0.29, 0.717) is 22.7 Å². The third kappa shape index (κ3) is 6.86. The maximum absolute atomic E-state index is 14.0. The Morgan fingerprint density at radius 3 is 2.23 bits per heavy atom. The highest BCUT2D eigenvalue weighted by Gasteiger charge is 2.27. The quantitative estimate of drug-likeness (QED) is 0.0748. The molecule has 0 radical (unpaired) electrons. The number of methoxy groups -OCH3 is 1. The van der Waals surface area contributed by atoms with Crippen LogP contribution >= 0.6 is 0 Å². The van der Waals surface area contributed by atoms with Gasteiger partial charge in [0, 0.05) is 23.9 Å². The highest BCUT2D eigenvalue weighted by molar-refractivity contribution is 7.93. The molecule has 0 spiro atoms. The number of aromatic hydroxyl groups is 1. The molecule has 13 nitrogen and oxygen atoms in total. The number of benzene rings is 5. The zero-order valence-corrected chi connectivity index (χ0v) is 26.7. The minimum Gasteiger partial charge on any atom is -0.507 e. The normalized spacial score (nSPS) is 11.9. The third-order valence-electron chi connectivity index (χ3n) is 7.12. The summed E-state index contributed by atoms with van der Waals surface area (Å²) >= 11 is 0. The van der Waals surface area contributed by atoms with Crippen molar-refractivity contribution >= 4 is 65.3 Å². The number of ether oxygens (including phenoxy) is 1. The van der Waals surface area contributed by atoms with E-state index in [0.717, 1.165) is 12.1 Å². The Balaban J connectivity index is 1.44. The first-order chi connectivity index (χ1) is 22.3. The Kier molecular flexibility index (Phi) is 9.15. The van der Waals surface area contributed by atoms with Crippen LogP contribution in [0.15, 0.2) is 117 Å². The molecule has 5 rings (SSSR count). The summed E-state index contributed by atoms with van der Waals surface area (Å²) in [6.07, 6.45) is 0. The van der Waals surface area contributed by atoms with Crippen molar-refractivity contribution < 1.29 is 36.0 Å². The molecule has 15 heteroatoms. The molecule has 242 valence electrons. The SMILES string of the molecule is CCN(c1ccc(NC(=O)c2ccc(OC)cc2)cc1)S(=O)(=O)c1ccccc1N=Nc1c(N)ccc2cc(S(=O)(=O)O)cc(O)c12. The van der Waals surface area contributed by atoms with Gasteiger partial charge in [-0.1, -0.05) is 18.2 Å². The summed E-state index contributed by atoms with van der Waals surface area (Å²) in [7, 11) is -7.28. The molecule has 1 amide bonds. The van der Waals surface area contributed by atoms with Crippen molar-refractivity contribution in [3.8, 4) is 11.5 Å². The Bertz CT molecular complexity index is 2220. The molecule has 5 aromatic carbocycles. The monoisotopic (exact) mass is 675 g/mol. The van der Waals surface area contributed by atoms with Crippen LogP contribution in [0.4, 0.5) is 28.4 Å². The van der Waals surface area contributed by atoms with Crippen LogP contribution < -0.4 is 20.1 Å². The molecular formula is C32H29N5O8S2. The largest absolute Gasteiger partial charge is 0.507 e. The molecule has 0 saturated carbocycles. The lowest BCUT2D eigenvalue weighted by Crippen LogP contribution is -2.30. The second kappa shape index (κ2) is 13.1. The van der Waals surface area contributed by atoms with Gasteiger partial charge in [0.25, 0.3) is 26.0 Å². The molecule has 0 fully saturated rings. The van der Waals surface area contributed by atoms with E-state index >= 15 is 0 Å². The van der Waals surface area contributed by atoms with Crippen LogP contribution in [0.5, 0.6) is 11.5 Å². The van der Waals surface area contributed by atoms with Crippen LogP contribution in [0.2, 0.25) is 0 Å². The number of amides is 1. The van der Waals surface area contributed by atoms with E-state index in [1.165, 1.54) is 41.7 Å². The Morgan fingerprint density at radius 1 is 0.915 bits per heavy atom. The number of azo groups is 1. The number of carbonyl (C=O) groups is 1. The minimum atomic E-state index is -4.61. The summed E-state index contributed by atoms with van der Waals surface area (Å²) in [5, 5.41) is 22.0. The molecule has 0 heterocycles. The molecule has 5 N–H and O–H groups in total. The molecule has 5 aromatic rings. The maximum atomic E-state index is 14.0. The number of anilines is 3. The van der Waals surface area contributed by atoms with Crippen molar-refractivity contribution in [3.05, 3.63) is 103 Å². The first-order valence-corrected chi connectivity index (χ1v) is 16.8.